The summed E-state index contributed by atoms with van der Waals surface area (Å²) in [6.45, 7) is 4.30. The molecule has 0 radical (unpaired) electrons. The number of rotatable bonds is 6. The Morgan fingerprint density at radius 3 is 2.23 bits per heavy atom. The molecule has 10 heteroatoms. The maximum Gasteiger partial charge on any atom is 0.255 e. The molecule has 2 aromatic rings. The zero-order chi connectivity index (χ0) is 22.6. The minimum absolute atomic E-state index is 0.137. The van der Waals surface area contributed by atoms with Crippen LogP contribution < -0.4 is 10.6 Å². The normalized spacial score (nSPS) is 15.0. The van der Waals surface area contributed by atoms with E-state index in [0.717, 1.165) is 16.4 Å². The number of morpholine rings is 1. The first-order chi connectivity index (χ1) is 14.7. The van der Waals surface area contributed by atoms with Crippen LogP contribution >= 0.6 is 0 Å². The number of ether oxygens (including phenoxy) is 1. The molecule has 2 aromatic carbocycles. The predicted molar refractivity (Wildman–Crippen MR) is 114 cm³/mol. The Balaban J connectivity index is 1.75. The van der Waals surface area contributed by atoms with Gasteiger partial charge in [0.25, 0.3) is 5.91 Å². The zero-order valence-corrected chi connectivity index (χ0v) is 18.0. The van der Waals surface area contributed by atoms with Gasteiger partial charge in [0.1, 0.15) is 10.7 Å². The molecule has 0 aliphatic carbocycles. The molecule has 0 saturated carbocycles. The smallest absolute Gasteiger partial charge is 0.255 e. The van der Waals surface area contributed by atoms with Crippen molar-refractivity contribution in [3.8, 4) is 0 Å². The van der Waals surface area contributed by atoms with Crippen LogP contribution in [0.25, 0.3) is 0 Å². The molecule has 1 heterocycles. The van der Waals surface area contributed by atoms with E-state index in [9.17, 15) is 22.4 Å². The Morgan fingerprint density at radius 2 is 1.61 bits per heavy atom. The number of carbonyl (C=O) groups is 2. The lowest BCUT2D eigenvalue weighted by molar-refractivity contribution is -0.118. The van der Waals surface area contributed by atoms with Gasteiger partial charge < -0.3 is 15.4 Å². The Kier molecular flexibility index (Phi) is 7.04. The highest BCUT2D eigenvalue weighted by molar-refractivity contribution is 7.89. The number of nitrogens with zero attached hydrogens (tertiary/aromatic N) is 1. The Hall–Kier alpha value is -2.82. The summed E-state index contributed by atoms with van der Waals surface area (Å²) in [6.07, 6.45) is 0. The third-order valence-corrected chi connectivity index (χ3v) is 6.63. The van der Waals surface area contributed by atoms with Crippen molar-refractivity contribution in [2.24, 2.45) is 5.92 Å². The van der Waals surface area contributed by atoms with Crippen LogP contribution in [-0.4, -0.2) is 50.8 Å². The highest BCUT2D eigenvalue weighted by Gasteiger charge is 2.29. The molecule has 1 aliphatic rings. The maximum atomic E-state index is 14.3. The largest absolute Gasteiger partial charge is 0.379 e. The minimum atomic E-state index is -4.05. The lowest BCUT2D eigenvalue weighted by Crippen LogP contribution is -2.40. The van der Waals surface area contributed by atoms with Crippen molar-refractivity contribution in [2.45, 2.75) is 18.7 Å². The van der Waals surface area contributed by atoms with Gasteiger partial charge >= 0.3 is 0 Å². The van der Waals surface area contributed by atoms with Gasteiger partial charge in [-0.2, -0.15) is 4.31 Å². The van der Waals surface area contributed by atoms with Crippen LogP contribution in [0.3, 0.4) is 0 Å². The molecule has 3 rings (SSSR count). The van der Waals surface area contributed by atoms with Crippen molar-refractivity contribution >= 4 is 33.2 Å². The topological polar surface area (TPSA) is 105 Å². The van der Waals surface area contributed by atoms with Crippen LogP contribution in [0.2, 0.25) is 0 Å². The molecule has 8 nitrogen and oxygen atoms in total. The molecular weight excluding hydrogens is 425 g/mol. The number of anilines is 2. The summed E-state index contributed by atoms with van der Waals surface area (Å²) in [5.74, 6) is -1.71. The first-order valence-electron chi connectivity index (χ1n) is 9.78. The first-order valence-corrected chi connectivity index (χ1v) is 11.2. The standard InChI is InChI=1S/C21H24FN3O5S/c1-14(2)20(26)23-16-5-3-15(4-6-16)21(27)24-17-7-8-18(22)19(13-17)31(28,29)25-9-11-30-12-10-25/h3-8,13-14H,9-12H2,1-2H3,(H,23,26)(H,24,27). The van der Waals surface area contributed by atoms with Crippen LogP contribution in [0, 0.1) is 11.7 Å². The van der Waals surface area contributed by atoms with E-state index in [1.54, 1.807) is 26.0 Å². The maximum absolute atomic E-state index is 14.3. The van der Waals surface area contributed by atoms with Crippen LogP contribution in [0.4, 0.5) is 15.8 Å². The molecule has 0 atom stereocenters. The lowest BCUT2D eigenvalue weighted by Gasteiger charge is -2.26. The zero-order valence-electron chi connectivity index (χ0n) is 17.2. The van der Waals surface area contributed by atoms with Crippen LogP contribution in [0.1, 0.15) is 24.2 Å². The molecule has 31 heavy (non-hydrogen) atoms. The van der Waals surface area contributed by atoms with Gasteiger partial charge in [-0.3, -0.25) is 9.59 Å². The van der Waals surface area contributed by atoms with E-state index in [1.165, 1.54) is 18.2 Å². The fourth-order valence-corrected chi connectivity index (χ4v) is 4.40. The van der Waals surface area contributed by atoms with Gasteiger partial charge in [-0.05, 0) is 42.5 Å². The van der Waals surface area contributed by atoms with Crippen molar-refractivity contribution in [3.05, 3.63) is 53.8 Å². The average molecular weight is 450 g/mol. The van der Waals surface area contributed by atoms with Crippen LogP contribution in [-0.2, 0) is 19.6 Å². The number of hydrogen-bond acceptors (Lipinski definition) is 5. The summed E-state index contributed by atoms with van der Waals surface area (Å²) in [5, 5.41) is 5.30. The van der Waals surface area contributed by atoms with E-state index in [2.05, 4.69) is 10.6 Å². The van der Waals surface area contributed by atoms with Gasteiger partial charge in [0.15, 0.2) is 0 Å². The molecule has 0 spiro atoms. The summed E-state index contributed by atoms with van der Waals surface area (Å²) in [6, 6.07) is 9.65. The van der Waals surface area contributed by atoms with Gasteiger partial charge in [0.2, 0.25) is 15.9 Å². The van der Waals surface area contributed by atoms with Gasteiger partial charge in [0, 0.05) is 35.9 Å². The number of hydrogen-bond donors (Lipinski definition) is 2. The van der Waals surface area contributed by atoms with Gasteiger partial charge in [-0.1, -0.05) is 13.8 Å². The van der Waals surface area contributed by atoms with E-state index in [-0.39, 0.29) is 43.8 Å². The highest BCUT2D eigenvalue weighted by atomic mass is 32.2. The molecule has 0 bridgehead atoms. The predicted octanol–water partition coefficient (Wildman–Crippen LogP) is 2.69. The van der Waals surface area contributed by atoms with Crippen molar-refractivity contribution in [1.29, 1.82) is 0 Å². The average Bonchev–Trinajstić information content (AvgIpc) is 2.76. The van der Waals surface area contributed by atoms with Gasteiger partial charge in [-0.15, -0.1) is 0 Å². The van der Waals surface area contributed by atoms with Crippen LogP contribution in [0.15, 0.2) is 47.4 Å². The summed E-state index contributed by atoms with van der Waals surface area (Å²) < 4.78 is 46.2. The number of halogens is 1. The fourth-order valence-electron chi connectivity index (χ4n) is 2.90. The van der Waals surface area contributed by atoms with E-state index in [4.69, 9.17) is 4.74 Å². The second kappa shape index (κ2) is 9.54. The van der Waals surface area contributed by atoms with E-state index >= 15 is 0 Å². The number of benzene rings is 2. The van der Waals surface area contributed by atoms with E-state index in [1.807, 2.05) is 0 Å². The third-order valence-electron chi connectivity index (χ3n) is 4.72. The minimum Gasteiger partial charge on any atom is -0.379 e. The molecule has 1 saturated heterocycles. The van der Waals surface area contributed by atoms with Crippen molar-refractivity contribution < 1.29 is 27.1 Å². The molecule has 0 aromatic heterocycles. The Labute approximate surface area is 180 Å². The Morgan fingerprint density at radius 1 is 1.00 bits per heavy atom. The molecule has 0 unspecified atom stereocenters. The Bertz CT molecular complexity index is 1060. The van der Waals surface area contributed by atoms with Gasteiger partial charge in [0.05, 0.1) is 13.2 Å². The number of carbonyl (C=O) groups excluding carboxylic acids is 2. The molecule has 1 aliphatic heterocycles. The SMILES string of the molecule is CC(C)C(=O)Nc1ccc(C(=O)Nc2ccc(F)c(S(=O)(=O)N3CCOCC3)c2)cc1. The monoisotopic (exact) mass is 449 g/mol. The fraction of sp³-hybridized carbons (Fsp3) is 0.333. The number of amides is 2. The van der Waals surface area contributed by atoms with E-state index in [0.29, 0.717) is 11.3 Å². The van der Waals surface area contributed by atoms with Crippen molar-refractivity contribution in [1.82, 2.24) is 4.31 Å². The summed E-state index contributed by atoms with van der Waals surface area (Å²) >= 11 is 0. The van der Waals surface area contributed by atoms with E-state index < -0.39 is 26.6 Å². The quantitative estimate of drug-likeness (QED) is 0.706. The summed E-state index contributed by atoms with van der Waals surface area (Å²) in [7, 11) is -4.05. The lowest BCUT2D eigenvalue weighted by atomic mass is 10.1. The second-order valence-electron chi connectivity index (χ2n) is 7.34. The van der Waals surface area contributed by atoms with Crippen molar-refractivity contribution in [3.63, 3.8) is 0 Å². The number of sulfonamides is 1. The first kappa shape index (κ1) is 22.9. The molecule has 2 amide bonds. The summed E-state index contributed by atoms with van der Waals surface area (Å²) in [4.78, 5) is 23.8. The molecule has 1 fully saturated rings. The molecule has 166 valence electrons. The second-order valence-corrected chi connectivity index (χ2v) is 9.24. The van der Waals surface area contributed by atoms with Crippen LogP contribution in [0.5, 0.6) is 0 Å². The highest BCUT2D eigenvalue weighted by Crippen LogP contribution is 2.24. The third kappa shape index (κ3) is 5.46. The van der Waals surface area contributed by atoms with Crippen molar-refractivity contribution in [2.75, 3.05) is 36.9 Å². The molecular formula is C21H24FN3O5S. The van der Waals surface area contributed by atoms with Gasteiger partial charge in [-0.25, -0.2) is 12.8 Å². The molecule has 2 N–H and O–H groups in total. The number of nitrogens with one attached hydrogen (secondary N) is 2. The summed E-state index contributed by atoms with van der Waals surface area (Å²) in [5.41, 5.74) is 0.996.